The maximum atomic E-state index is 12.5. The molecule has 8 aromatic rings. The van der Waals surface area contributed by atoms with Crippen molar-refractivity contribution in [3.63, 3.8) is 0 Å². The average molecular weight is 1420 g/mol. The summed E-state index contributed by atoms with van der Waals surface area (Å²) in [5, 5.41) is 42.3. The van der Waals surface area contributed by atoms with Crippen molar-refractivity contribution in [2.75, 3.05) is 87.8 Å². The number of likely N-dealkylation sites (tertiary alicyclic amines) is 2. The number of aryl methyl sites for hydroxylation is 1. The second-order valence-corrected chi connectivity index (χ2v) is 24.8. The fraction of sp³-hybridized carbons (Fsp3) is 0.267. The normalized spacial score (nSPS) is 13.0. The number of para-hydroxylation sites is 4. The van der Waals surface area contributed by atoms with Crippen molar-refractivity contribution < 1.29 is 76.8 Å². The molecule has 7 heterocycles. The number of amides is 8. The Morgan fingerprint density at radius 3 is 1.01 bits per heavy atom. The molecular weight excluding hydrogens is 1360 g/mol. The van der Waals surface area contributed by atoms with Crippen molar-refractivity contribution in [1.29, 1.82) is 0 Å². The van der Waals surface area contributed by atoms with Crippen LogP contribution in [0.2, 0.25) is 0 Å². The van der Waals surface area contributed by atoms with Crippen LogP contribution in [0.4, 0.5) is 54.7 Å². The molecule has 0 spiro atoms. The Labute approximate surface area is 571 Å². The summed E-state index contributed by atoms with van der Waals surface area (Å²) in [4.78, 5) is 150. The highest BCUT2D eigenvalue weighted by molar-refractivity contribution is 7.19. The highest BCUT2D eigenvalue weighted by Gasteiger charge is 2.27. The van der Waals surface area contributed by atoms with Crippen LogP contribution in [0.25, 0.3) is 0 Å². The van der Waals surface area contributed by atoms with Gasteiger partial charge in [0.05, 0.1) is 50.2 Å². The number of hydrogen-bond donors (Lipinski definition) is 4. The number of anilines is 4. The van der Waals surface area contributed by atoms with Crippen LogP contribution >= 0.6 is 45.3 Å². The highest BCUT2D eigenvalue weighted by Crippen LogP contribution is 2.31. The van der Waals surface area contributed by atoms with E-state index in [0.717, 1.165) is 89.6 Å². The fourth-order valence-electron chi connectivity index (χ4n) is 8.65. The molecule has 4 aromatic carbocycles. The number of ether oxygens (including phenoxy) is 5. The van der Waals surface area contributed by atoms with E-state index in [2.05, 4.69) is 41.2 Å². The number of aromatic nitrogens is 4. The lowest BCUT2D eigenvalue weighted by atomic mass is 10.1. The van der Waals surface area contributed by atoms with E-state index in [1.54, 1.807) is 81.6 Å². The van der Waals surface area contributed by atoms with Crippen LogP contribution in [0.1, 0.15) is 78.4 Å². The summed E-state index contributed by atoms with van der Waals surface area (Å²) in [5.74, 6) is -1.51. The van der Waals surface area contributed by atoms with Gasteiger partial charge in [0.25, 0.3) is 23.6 Å². The van der Waals surface area contributed by atoms with Crippen LogP contribution in [-0.2, 0) is 4.74 Å². The van der Waals surface area contributed by atoms with Crippen molar-refractivity contribution >= 4 is 129 Å². The first-order valence-corrected chi connectivity index (χ1v) is 32.6. The van der Waals surface area contributed by atoms with Gasteiger partial charge in [0.15, 0.2) is 20.5 Å². The van der Waals surface area contributed by atoms with Crippen LogP contribution in [0, 0.1) is 37.3 Å². The lowest BCUT2D eigenvalue weighted by molar-refractivity contribution is -0.380. The number of thiazole rings is 4. The summed E-state index contributed by atoms with van der Waals surface area (Å²) in [6.07, 6.45) is 7.59. The number of carbonyl (C=O) groups excluding carboxylic acids is 8. The Kier molecular flexibility index (Phi) is 26.1. The molecule has 98 heavy (non-hydrogen) atoms. The predicted octanol–water partition coefficient (Wildman–Crippen LogP) is 11.1. The van der Waals surface area contributed by atoms with E-state index in [1.165, 1.54) is 66.7 Å². The number of nitrogens with one attached hydrogen (secondary N) is 4. The lowest BCUT2D eigenvalue weighted by Gasteiger charge is -2.26. The number of morpholine rings is 1. The minimum atomic E-state index is -0.630. The molecule has 4 N–H and O–H groups in total. The summed E-state index contributed by atoms with van der Waals surface area (Å²) >= 11 is 3.61. The number of rotatable bonds is 15. The number of benzene rings is 4. The molecule has 512 valence electrons. The molecule has 34 nitrogen and oxygen atoms in total. The molecule has 8 amide bonds. The number of nitrogens with zero attached hydrogens (tertiary/aromatic N) is 11. The second-order valence-electron chi connectivity index (χ2n) is 20.6. The molecule has 0 radical (unpaired) electrons. The van der Waals surface area contributed by atoms with E-state index in [4.69, 9.17) is 23.7 Å². The van der Waals surface area contributed by atoms with Crippen LogP contribution in [0.5, 0.6) is 23.0 Å². The van der Waals surface area contributed by atoms with Crippen molar-refractivity contribution in [1.82, 2.24) is 39.5 Å². The van der Waals surface area contributed by atoms with Gasteiger partial charge in [0, 0.05) is 64.4 Å². The quantitative estimate of drug-likeness (QED) is 0.0547. The molecule has 0 bridgehead atoms. The summed E-state index contributed by atoms with van der Waals surface area (Å²) in [6, 6.07) is 25.4. The van der Waals surface area contributed by atoms with Crippen molar-refractivity contribution in [2.24, 2.45) is 0 Å². The van der Waals surface area contributed by atoms with E-state index in [0.29, 0.717) is 57.6 Å². The Hall–Kier alpha value is -11.5. The molecular formula is C60H59N15O19S4. The zero-order chi connectivity index (χ0) is 70.3. The number of hydrogen-bond acceptors (Lipinski definition) is 27. The summed E-state index contributed by atoms with van der Waals surface area (Å²) < 4.78 is 26.4. The van der Waals surface area contributed by atoms with Gasteiger partial charge in [0.1, 0.15) is 41.6 Å². The first-order chi connectivity index (χ1) is 47.1. The molecule has 3 aliphatic heterocycles. The van der Waals surface area contributed by atoms with Gasteiger partial charge in [-0.25, -0.2) is 39.1 Å². The number of piperidine rings is 1. The topological polar surface area (TPSA) is 425 Å². The lowest BCUT2D eigenvalue weighted by Crippen LogP contribution is -2.42. The minimum absolute atomic E-state index is 0.0785. The molecule has 0 saturated carbocycles. The van der Waals surface area contributed by atoms with Crippen molar-refractivity contribution in [3.8, 4) is 23.0 Å². The maximum absolute atomic E-state index is 12.5. The molecule has 11 rings (SSSR count). The van der Waals surface area contributed by atoms with E-state index in [-0.39, 0.29) is 81.6 Å². The zero-order valence-electron chi connectivity index (χ0n) is 52.0. The van der Waals surface area contributed by atoms with Crippen molar-refractivity contribution in [3.05, 3.63) is 179 Å². The van der Waals surface area contributed by atoms with E-state index >= 15 is 0 Å². The van der Waals surface area contributed by atoms with E-state index < -0.39 is 56.9 Å². The standard InChI is InChI=1S/C16H16N4O5S.C16H17N3O4S.C15H14N4O5S.C13H12N4O5S/c21-14(18-15-17-10-13(26-15)20(23)24)11-6-2-3-7-12(11)25-16(22)19-8-4-1-5-9-19;1-11-10-17-15(24-11)18-14(20)12-4-2-3-5-13(12)23-16(21)19-6-8-22-9-7-19;20-13(17-14-16-9-12(25-14)19(22)23)10-5-1-2-6-11(10)24-15(21)18-7-3-4-8-18;1-16(2)13(19)22-9-6-4-3-5-8(9)11(18)15-12-14-7-10(23-12)17(20)21/h2-3,6-7,10H,1,4-5,8-9H2,(H,17,18,21);2-5,10H,6-9H2,1H3,(H,17,18,20);1-2,5-6,9H,3-4,7-8H2,(H,16,17,20);3-7H,1-2H3,(H,14,15,18). The average Bonchev–Trinajstić information content (AvgIpc) is 1.42. The summed E-state index contributed by atoms with van der Waals surface area (Å²) in [7, 11) is 3.03. The van der Waals surface area contributed by atoms with Gasteiger partial charge >= 0.3 is 39.4 Å². The Morgan fingerprint density at radius 1 is 0.429 bits per heavy atom. The van der Waals surface area contributed by atoms with Crippen LogP contribution in [0.3, 0.4) is 0 Å². The Bertz CT molecular complexity index is 4200. The molecule has 3 saturated heterocycles. The molecule has 3 aliphatic rings. The third-order valence-corrected chi connectivity index (χ3v) is 16.9. The van der Waals surface area contributed by atoms with Crippen LogP contribution < -0.4 is 40.2 Å². The van der Waals surface area contributed by atoms with Gasteiger partial charge in [0.2, 0.25) is 0 Å². The molecule has 0 atom stereocenters. The molecule has 38 heteroatoms. The Balaban J connectivity index is 0.000000167. The van der Waals surface area contributed by atoms with Gasteiger partial charge < -0.3 is 43.3 Å². The molecule has 3 fully saturated rings. The first-order valence-electron chi connectivity index (χ1n) is 29.3. The monoisotopic (exact) mass is 1420 g/mol. The summed E-state index contributed by atoms with van der Waals surface area (Å²) in [5.41, 5.74) is 0.691. The predicted molar refractivity (Wildman–Crippen MR) is 357 cm³/mol. The summed E-state index contributed by atoms with van der Waals surface area (Å²) in [6.45, 7) is 6.38. The van der Waals surface area contributed by atoms with Crippen LogP contribution in [0.15, 0.2) is 122 Å². The Morgan fingerprint density at radius 2 is 0.714 bits per heavy atom. The van der Waals surface area contributed by atoms with Crippen molar-refractivity contribution in [2.45, 2.75) is 39.0 Å². The number of carbonyl (C=O) groups is 8. The maximum Gasteiger partial charge on any atom is 0.415 e. The zero-order valence-corrected chi connectivity index (χ0v) is 55.3. The molecule has 0 unspecified atom stereocenters. The highest BCUT2D eigenvalue weighted by atomic mass is 32.1. The second kappa shape index (κ2) is 35.3. The smallest absolute Gasteiger partial charge is 0.409 e. The van der Waals surface area contributed by atoms with E-state index in [9.17, 15) is 68.7 Å². The molecule has 0 aliphatic carbocycles. The van der Waals surface area contributed by atoms with Gasteiger partial charge in [-0.05, 0) is 122 Å². The SMILES string of the molecule is CN(C)C(=O)Oc1ccccc1C(=O)Nc1ncc([N+](=O)[O-])s1.Cc1cnc(NC(=O)c2ccccc2OC(=O)N2CCOCC2)s1.O=C(Nc1ncc([N+](=O)[O-])s1)c1ccccc1OC(=O)N1CCCC1.O=C(Nc1ncc([N+](=O)[O-])s1)c1ccccc1OC(=O)N1CCCCC1. The molecule has 4 aromatic heterocycles. The van der Waals surface area contributed by atoms with Gasteiger partial charge in [-0.1, -0.05) is 48.5 Å². The largest absolute Gasteiger partial charge is 0.415 e. The van der Waals surface area contributed by atoms with Gasteiger partial charge in [-0.3, -0.25) is 70.8 Å². The van der Waals surface area contributed by atoms with Gasteiger partial charge in [-0.2, -0.15) is 0 Å². The third-order valence-electron chi connectivity index (χ3n) is 13.5. The van der Waals surface area contributed by atoms with Gasteiger partial charge in [-0.15, -0.1) is 11.3 Å². The minimum Gasteiger partial charge on any atom is -0.409 e. The van der Waals surface area contributed by atoms with E-state index in [1.807, 2.05) is 6.92 Å². The third kappa shape index (κ3) is 21.0. The first kappa shape index (κ1) is 72.4. The number of nitro groups is 3. The fourth-order valence-corrected chi connectivity index (χ4v) is 11.2. The van der Waals surface area contributed by atoms with Crippen LogP contribution in [-0.4, -0.2) is 169 Å².